The molecule has 0 atom stereocenters. The average molecular weight is 551 g/mol. The number of hydrogen-bond donors (Lipinski definition) is 0. The van der Waals surface area contributed by atoms with Crippen LogP contribution in [0, 0.1) is 44.0 Å². The molecule has 38 heavy (non-hydrogen) atoms. The van der Waals surface area contributed by atoms with Crippen LogP contribution >= 0.6 is 11.6 Å². The number of benzene rings is 3. The summed E-state index contributed by atoms with van der Waals surface area (Å²) in [6.07, 6.45) is 0. The zero-order chi connectivity index (χ0) is 29.8. The molecule has 0 heterocycles. The summed E-state index contributed by atoms with van der Waals surface area (Å²) >= 11 is 5.81. The molecular weight excluding hydrogens is 508 g/mol. The van der Waals surface area contributed by atoms with Gasteiger partial charge in [-0.3, -0.25) is 0 Å². The van der Waals surface area contributed by atoms with Crippen LogP contribution in [-0.4, -0.2) is 0 Å². The SMILES string of the molecule is Cc1cc(F)c(C(C)(C)C)c(F)c1.Cc1ccc(C(C)(C)C)c(F)c1.Cc1ccc(C(C)(C)C)c(F)c1Cl. The molecule has 0 saturated heterocycles. The van der Waals surface area contributed by atoms with Crippen LogP contribution in [0.4, 0.5) is 17.6 Å². The van der Waals surface area contributed by atoms with Gasteiger partial charge in [0.1, 0.15) is 23.3 Å². The molecule has 0 aliphatic carbocycles. The third-order valence-corrected chi connectivity index (χ3v) is 6.42. The third-order valence-electron chi connectivity index (χ3n) is 5.95. The fourth-order valence-corrected chi connectivity index (χ4v) is 4.03. The molecule has 0 radical (unpaired) electrons. The number of halogens is 5. The van der Waals surface area contributed by atoms with Gasteiger partial charge >= 0.3 is 0 Å². The lowest BCUT2D eigenvalue weighted by Crippen LogP contribution is -2.16. The van der Waals surface area contributed by atoms with Crippen molar-refractivity contribution in [1.82, 2.24) is 0 Å². The molecule has 210 valence electrons. The Morgan fingerprint density at radius 1 is 0.526 bits per heavy atom. The second-order valence-electron chi connectivity index (χ2n) is 12.9. The first-order valence-corrected chi connectivity index (χ1v) is 13.1. The van der Waals surface area contributed by atoms with E-state index in [9.17, 15) is 17.6 Å². The lowest BCUT2D eigenvalue weighted by Gasteiger charge is -2.20. The minimum absolute atomic E-state index is 0.0949. The van der Waals surface area contributed by atoms with Crippen LogP contribution in [0.1, 0.15) is 95.7 Å². The maximum atomic E-state index is 13.6. The molecule has 3 rings (SSSR count). The fraction of sp³-hybridized carbons (Fsp3) is 0.455. The van der Waals surface area contributed by atoms with Gasteiger partial charge in [0.2, 0.25) is 0 Å². The van der Waals surface area contributed by atoms with Crippen LogP contribution in [0.15, 0.2) is 42.5 Å². The van der Waals surface area contributed by atoms with Crippen LogP contribution in [0.5, 0.6) is 0 Å². The van der Waals surface area contributed by atoms with Crippen molar-refractivity contribution in [3.8, 4) is 0 Å². The predicted molar refractivity (Wildman–Crippen MR) is 154 cm³/mol. The van der Waals surface area contributed by atoms with Crippen molar-refractivity contribution in [3.05, 3.63) is 104 Å². The van der Waals surface area contributed by atoms with E-state index in [2.05, 4.69) is 0 Å². The Labute approximate surface area is 232 Å². The molecular formula is C33H43ClF4. The van der Waals surface area contributed by atoms with Gasteiger partial charge in [-0.2, -0.15) is 0 Å². The maximum absolute atomic E-state index is 13.6. The lowest BCUT2D eigenvalue weighted by molar-refractivity contribution is 0.474. The highest BCUT2D eigenvalue weighted by atomic mass is 35.5. The van der Waals surface area contributed by atoms with E-state index >= 15 is 0 Å². The molecule has 0 amide bonds. The van der Waals surface area contributed by atoms with Gasteiger partial charge in [-0.05, 0) is 83.0 Å². The average Bonchev–Trinajstić information content (AvgIpc) is 2.69. The second-order valence-corrected chi connectivity index (χ2v) is 13.3. The van der Waals surface area contributed by atoms with E-state index in [0.717, 1.165) is 16.7 Å². The maximum Gasteiger partial charge on any atom is 0.145 e. The van der Waals surface area contributed by atoms with Crippen LogP contribution < -0.4 is 0 Å². The Bertz CT molecular complexity index is 1220. The summed E-state index contributed by atoms with van der Waals surface area (Å²) in [6, 6.07) is 11.8. The van der Waals surface area contributed by atoms with Crippen LogP contribution in [0.3, 0.4) is 0 Å². The van der Waals surface area contributed by atoms with Crippen molar-refractivity contribution in [1.29, 1.82) is 0 Å². The highest BCUT2D eigenvalue weighted by Crippen LogP contribution is 2.31. The van der Waals surface area contributed by atoms with E-state index < -0.39 is 17.0 Å². The first-order valence-electron chi connectivity index (χ1n) is 12.7. The van der Waals surface area contributed by atoms with Crippen LogP contribution in [0.25, 0.3) is 0 Å². The van der Waals surface area contributed by atoms with Gasteiger partial charge in [0, 0.05) is 5.56 Å². The standard InChI is InChI=1S/C11H14ClF.C11H14F2.C11H15F/c1-7-5-6-8(11(2,3)4)10(13)9(7)12;1-7-5-8(12)10(9(13)6-7)11(2,3)4;1-8-5-6-9(10(12)7-8)11(2,3)4/h2*5-6H,1-4H3;5-7H,1-4H3. The van der Waals surface area contributed by atoms with Gasteiger partial charge in [0.15, 0.2) is 0 Å². The summed E-state index contributed by atoms with van der Waals surface area (Å²) in [5, 5.41) is 0.243. The molecule has 0 aromatic heterocycles. The number of hydrogen-bond acceptors (Lipinski definition) is 0. The van der Waals surface area contributed by atoms with Crippen LogP contribution in [-0.2, 0) is 16.2 Å². The molecule has 0 unspecified atom stereocenters. The Kier molecular flexibility index (Phi) is 11.2. The van der Waals surface area contributed by atoms with Crippen molar-refractivity contribution < 1.29 is 17.6 Å². The summed E-state index contributed by atoms with van der Waals surface area (Å²) < 4.78 is 53.7. The summed E-state index contributed by atoms with van der Waals surface area (Å²) in [6.45, 7) is 22.7. The van der Waals surface area contributed by atoms with E-state index in [1.54, 1.807) is 46.8 Å². The molecule has 0 saturated carbocycles. The van der Waals surface area contributed by atoms with Gasteiger partial charge in [0.05, 0.1) is 5.02 Å². The lowest BCUT2D eigenvalue weighted by atomic mass is 9.85. The quantitative estimate of drug-likeness (QED) is 0.244. The van der Waals surface area contributed by atoms with Crippen LogP contribution in [0.2, 0.25) is 5.02 Å². The Hall–Kier alpha value is -2.33. The highest BCUT2D eigenvalue weighted by Gasteiger charge is 2.23. The topological polar surface area (TPSA) is 0 Å². The van der Waals surface area contributed by atoms with Crippen molar-refractivity contribution in [3.63, 3.8) is 0 Å². The molecule has 5 heteroatoms. The van der Waals surface area contributed by atoms with Gasteiger partial charge in [-0.25, -0.2) is 17.6 Å². The van der Waals surface area contributed by atoms with Crippen molar-refractivity contribution >= 4 is 11.6 Å². The summed E-state index contributed by atoms with van der Waals surface area (Å²) in [7, 11) is 0. The largest absolute Gasteiger partial charge is 0.207 e. The number of rotatable bonds is 0. The Balaban J connectivity index is 0.000000285. The normalized spacial score (nSPS) is 11.8. The third kappa shape index (κ3) is 9.45. The first kappa shape index (κ1) is 33.7. The Morgan fingerprint density at radius 3 is 1.34 bits per heavy atom. The van der Waals surface area contributed by atoms with E-state index in [4.69, 9.17) is 11.6 Å². The minimum Gasteiger partial charge on any atom is -0.207 e. The number of aryl methyl sites for hydroxylation is 3. The first-order chi connectivity index (χ1) is 17.1. The smallest absolute Gasteiger partial charge is 0.145 e. The second kappa shape index (κ2) is 12.7. The summed E-state index contributed by atoms with van der Waals surface area (Å²) in [5.74, 6) is -1.29. The molecule has 0 spiro atoms. The molecule has 0 nitrogen and oxygen atoms in total. The Morgan fingerprint density at radius 2 is 0.947 bits per heavy atom. The minimum atomic E-state index is -0.484. The van der Waals surface area contributed by atoms with Gasteiger partial charge in [-0.15, -0.1) is 0 Å². The summed E-state index contributed by atoms with van der Waals surface area (Å²) in [5.41, 5.74) is 3.21. The van der Waals surface area contributed by atoms with Gasteiger partial charge in [-0.1, -0.05) is 98.2 Å². The monoisotopic (exact) mass is 550 g/mol. The van der Waals surface area contributed by atoms with Gasteiger partial charge in [0.25, 0.3) is 0 Å². The zero-order valence-corrected chi connectivity index (χ0v) is 25.7. The van der Waals surface area contributed by atoms with Crippen molar-refractivity contribution in [2.24, 2.45) is 0 Å². The molecule has 0 bridgehead atoms. The van der Waals surface area contributed by atoms with E-state index in [0.29, 0.717) is 11.1 Å². The molecule has 3 aromatic carbocycles. The summed E-state index contributed by atoms with van der Waals surface area (Å²) in [4.78, 5) is 0. The molecule has 0 aliphatic heterocycles. The van der Waals surface area contributed by atoms with Gasteiger partial charge < -0.3 is 0 Å². The van der Waals surface area contributed by atoms with E-state index in [1.807, 2.05) is 66.7 Å². The molecule has 0 N–H and O–H groups in total. The van der Waals surface area contributed by atoms with E-state index in [-0.39, 0.29) is 33.1 Å². The predicted octanol–water partition coefficient (Wildman–Crippen LogP) is 11.1. The molecule has 0 fully saturated rings. The van der Waals surface area contributed by atoms with Crippen molar-refractivity contribution in [2.75, 3.05) is 0 Å². The van der Waals surface area contributed by atoms with Crippen molar-refractivity contribution in [2.45, 2.75) is 99.3 Å². The molecule has 0 aliphatic rings. The highest BCUT2D eigenvalue weighted by molar-refractivity contribution is 6.31. The fourth-order valence-electron chi connectivity index (χ4n) is 3.87. The zero-order valence-electron chi connectivity index (χ0n) is 24.9. The van der Waals surface area contributed by atoms with E-state index in [1.165, 1.54) is 12.1 Å². The molecule has 3 aromatic rings.